The Hall–Kier alpha value is -2.45. The summed E-state index contributed by atoms with van der Waals surface area (Å²) < 4.78 is 24.2. The number of primary amides is 1. The van der Waals surface area contributed by atoms with Crippen molar-refractivity contribution in [3.8, 4) is 0 Å². The van der Waals surface area contributed by atoms with E-state index in [9.17, 15) is 18.0 Å². The van der Waals surface area contributed by atoms with Crippen molar-refractivity contribution in [3.63, 3.8) is 0 Å². The van der Waals surface area contributed by atoms with Crippen LogP contribution in [-0.4, -0.2) is 20.2 Å². The Morgan fingerprint density at radius 2 is 1.68 bits per heavy atom. The third-order valence-electron chi connectivity index (χ3n) is 2.95. The number of carbonyl (C=O) groups excluding carboxylic acids is 2. The number of benzene rings is 2. The van der Waals surface area contributed by atoms with Crippen molar-refractivity contribution in [1.82, 2.24) is 10.3 Å². The number of fused-ring (bicyclic) bond motifs is 1. The van der Waals surface area contributed by atoms with Gasteiger partial charge in [-0.2, -0.15) is 0 Å². The maximum absolute atomic E-state index is 12.1. The fourth-order valence-electron chi connectivity index (χ4n) is 1.82. The van der Waals surface area contributed by atoms with Crippen LogP contribution in [0.3, 0.4) is 0 Å². The monoisotopic (exact) mass is 321 g/mol. The summed E-state index contributed by atoms with van der Waals surface area (Å²) in [5.74, 6) is -1.27. The number of nitrogens with two attached hydrogens (primary N) is 1. The molecule has 0 spiro atoms. The van der Waals surface area contributed by atoms with Crippen LogP contribution in [0.15, 0.2) is 47.4 Å². The van der Waals surface area contributed by atoms with Crippen molar-refractivity contribution in [3.05, 3.63) is 42.5 Å². The molecule has 0 fully saturated rings. The van der Waals surface area contributed by atoms with Gasteiger partial charge >= 0.3 is 0 Å². The first-order valence-electron chi connectivity index (χ1n) is 6.46. The molecule has 2 rings (SSSR count). The average Bonchev–Trinajstić information content (AvgIpc) is 2.50. The number of sulfonamides is 1. The Morgan fingerprint density at radius 1 is 1.00 bits per heavy atom. The molecule has 0 saturated carbocycles. The van der Waals surface area contributed by atoms with Gasteiger partial charge in [0.15, 0.2) is 0 Å². The van der Waals surface area contributed by atoms with Crippen LogP contribution in [0.2, 0.25) is 0 Å². The van der Waals surface area contributed by atoms with Crippen molar-refractivity contribution in [2.24, 2.45) is 5.73 Å². The number of carbonyl (C=O) groups is 2. The lowest BCUT2D eigenvalue weighted by Gasteiger charge is -2.09. The summed E-state index contributed by atoms with van der Waals surface area (Å²) in [7, 11) is -3.88. The first-order valence-corrected chi connectivity index (χ1v) is 7.94. The van der Waals surface area contributed by atoms with Crippen molar-refractivity contribution in [2.45, 2.75) is 17.7 Å². The van der Waals surface area contributed by atoms with E-state index in [2.05, 4.69) is 0 Å². The zero-order valence-electron chi connectivity index (χ0n) is 11.6. The zero-order valence-corrected chi connectivity index (χ0v) is 12.4. The maximum atomic E-state index is 12.1. The van der Waals surface area contributed by atoms with Crippen LogP contribution in [-0.2, 0) is 19.6 Å². The lowest BCUT2D eigenvalue weighted by molar-refractivity contribution is -0.125. The van der Waals surface area contributed by atoms with Crippen LogP contribution in [0.1, 0.15) is 12.8 Å². The molecule has 0 aliphatic rings. The molecule has 2 aromatic carbocycles. The maximum Gasteiger partial charge on any atom is 0.257 e. The lowest BCUT2D eigenvalue weighted by Crippen LogP contribution is -2.41. The zero-order chi connectivity index (χ0) is 16.2. The lowest BCUT2D eigenvalue weighted by atomic mass is 10.1. The Balaban J connectivity index is 2.08. The molecule has 0 bridgehead atoms. The number of rotatable bonds is 6. The average molecular weight is 321 g/mol. The van der Waals surface area contributed by atoms with Gasteiger partial charge in [0.05, 0.1) is 4.90 Å². The molecular formula is C14H15N3O4S. The van der Waals surface area contributed by atoms with Gasteiger partial charge in [-0.1, -0.05) is 30.3 Å². The summed E-state index contributed by atoms with van der Waals surface area (Å²) in [6.45, 7) is 0. The van der Waals surface area contributed by atoms with Crippen molar-refractivity contribution < 1.29 is 18.0 Å². The third-order valence-corrected chi connectivity index (χ3v) is 4.20. The van der Waals surface area contributed by atoms with Gasteiger partial charge in [0.2, 0.25) is 11.8 Å². The molecule has 2 aromatic rings. The van der Waals surface area contributed by atoms with Crippen LogP contribution in [0.4, 0.5) is 0 Å². The van der Waals surface area contributed by atoms with Gasteiger partial charge in [-0.05, 0) is 22.9 Å². The molecule has 0 aliphatic carbocycles. The molecule has 0 atom stereocenters. The van der Waals surface area contributed by atoms with E-state index in [0.29, 0.717) is 0 Å². The summed E-state index contributed by atoms with van der Waals surface area (Å²) in [5, 5.41) is 1.68. The number of hydrogen-bond donors (Lipinski definition) is 3. The van der Waals surface area contributed by atoms with Gasteiger partial charge in [-0.15, -0.1) is 4.83 Å². The van der Waals surface area contributed by atoms with Crippen LogP contribution in [0, 0.1) is 0 Å². The van der Waals surface area contributed by atoms with Gasteiger partial charge < -0.3 is 5.73 Å². The second-order valence-corrected chi connectivity index (χ2v) is 6.31. The second kappa shape index (κ2) is 6.54. The molecule has 8 heteroatoms. The number of hydrazine groups is 1. The minimum atomic E-state index is -3.88. The second-order valence-electron chi connectivity index (χ2n) is 4.63. The molecule has 0 aliphatic heterocycles. The highest BCUT2D eigenvalue weighted by Gasteiger charge is 2.15. The molecule has 7 nitrogen and oxygen atoms in total. The fourth-order valence-corrected chi connectivity index (χ4v) is 2.71. The van der Waals surface area contributed by atoms with E-state index in [1.807, 2.05) is 22.4 Å². The van der Waals surface area contributed by atoms with Gasteiger partial charge in [-0.25, -0.2) is 8.42 Å². The fraction of sp³-hybridized carbons (Fsp3) is 0.143. The third kappa shape index (κ3) is 4.03. The molecule has 0 radical (unpaired) electrons. The van der Waals surface area contributed by atoms with Crippen molar-refractivity contribution >= 4 is 32.6 Å². The quantitative estimate of drug-likeness (QED) is 0.668. The van der Waals surface area contributed by atoms with Crippen LogP contribution in [0.25, 0.3) is 10.8 Å². The van der Waals surface area contributed by atoms with E-state index in [0.717, 1.165) is 10.8 Å². The smallest absolute Gasteiger partial charge is 0.257 e. The first kappa shape index (κ1) is 15.9. The number of nitrogens with one attached hydrogen (secondary N) is 2. The Morgan fingerprint density at radius 3 is 2.36 bits per heavy atom. The summed E-state index contributed by atoms with van der Waals surface area (Å²) in [5.41, 5.74) is 6.95. The molecule has 2 amide bonds. The van der Waals surface area contributed by atoms with Crippen LogP contribution < -0.4 is 16.0 Å². The van der Waals surface area contributed by atoms with E-state index in [1.165, 1.54) is 12.1 Å². The van der Waals surface area contributed by atoms with E-state index in [-0.39, 0.29) is 17.7 Å². The number of hydrogen-bond acceptors (Lipinski definition) is 4. The Kier molecular flexibility index (Phi) is 4.74. The molecule has 0 saturated heterocycles. The van der Waals surface area contributed by atoms with E-state index < -0.39 is 21.8 Å². The first-order chi connectivity index (χ1) is 10.4. The Labute approximate surface area is 127 Å². The predicted octanol–water partition coefficient (Wildman–Crippen LogP) is 0.415. The van der Waals surface area contributed by atoms with Gasteiger partial charge in [-0.3, -0.25) is 15.0 Å². The van der Waals surface area contributed by atoms with E-state index in [1.54, 1.807) is 18.2 Å². The van der Waals surface area contributed by atoms with E-state index in [4.69, 9.17) is 5.73 Å². The Bertz CT molecular complexity index is 818. The summed E-state index contributed by atoms with van der Waals surface area (Å²) in [6, 6.07) is 11.9. The van der Waals surface area contributed by atoms with Crippen molar-refractivity contribution in [2.75, 3.05) is 0 Å². The highest BCUT2D eigenvalue weighted by atomic mass is 32.2. The van der Waals surface area contributed by atoms with E-state index >= 15 is 0 Å². The van der Waals surface area contributed by atoms with Crippen molar-refractivity contribution in [1.29, 1.82) is 0 Å². The topological polar surface area (TPSA) is 118 Å². The summed E-state index contributed by atoms with van der Waals surface area (Å²) >= 11 is 0. The van der Waals surface area contributed by atoms with Gasteiger partial charge in [0.1, 0.15) is 0 Å². The predicted molar refractivity (Wildman–Crippen MR) is 80.8 cm³/mol. The van der Waals surface area contributed by atoms with Crippen LogP contribution >= 0.6 is 0 Å². The molecule has 0 aromatic heterocycles. The summed E-state index contributed by atoms with van der Waals surface area (Å²) in [6.07, 6.45) is -0.334. The SMILES string of the molecule is NC(=O)CCC(=O)NNS(=O)(=O)c1ccc2ccccc2c1. The van der Waals surface area contributed by atoms with Gasteiger partial charge in [0.25, 0.3) is 10.0 Å². The minimum Gasteiger partial charge on any atom is -0.370 e. The molecule has 116 valence electrons. The largest absolute Gasteiger partial charge is 0.370 e. The standard InChI is InChI=1S/C14H15N3O4S/c15-13(18)7-8-14(19)16-17-22(20,21)12-6-5-10-3-1-2-4-11(10)9-12/h1-6,9,17H,7-8H2,(H2,15,18)(H,16,19). The normalized spacial score (nSPS) is 11.3. The molecule has 4 N–H and O–H groups in total. The molecule has 22 heavy (non-hydrogen) atoms. The number of amides is 2. The molecule has 0 unspecified atom stereocenters. The highest BCUT2D eigenvalue weighted by Crippen LogP contribution is 2.18. The highest BCUT2D eigenvalue weighted by molar-refractivity contribution is 7.89. The minimum absolute atomic E-state index is 0.0291. The van der Waals surface area contributed by atoms with Gasteiger partial charge in [0, 0.05) is 12.8 Å². The molecule has 0 heterocycles. The summed E-state index contributed by atoms with van der Waals surface area (Å²) in [4.78, 5) is 24.0. The van der Waals surface area contributed by atoms with Crippen LogP contribution in [0.5, 0.6) is 0 Å². The molecular weight excluding hydrogens is 306 g/mol.